The molecule has 0 radical (unpaired) electrons. The first-order valence-corrected chi connectivity index (χ1v) is 6.36. The Morgan fingerprint density at radius 3 is 3.00 bits per heavy atom. The van der Waals surface area contributed by atoms with Crippen molar-refractivity contribution in [1.29, 1.82) is 0 Å². The quantitative estimate of drug-likeness (QED) is 0.549. The van der Waals surface area contributed by atoms with Crippen molar-refractivity contribution in [3.05, 3.63) is 30.0 Å². The number of hydrogen-bond donors (Lipinski definition) is 3. The van der Waals surface area contributed by atoms with E-state index in [1.54, 1.807) is 7.11 Å². The van der Waals surface area contributed by atoms with Crippen molar-refractivity contribution in [1.82, 2.24) is 10.3 Å². The maximum absolute atomic E-state index is 11.9. The Bertz CT molecular complexity index is 563. The van der Waals surface area contributed by atoms with Crippen molar-refractivity contribution in [3.8, 4) is 0 Å². The number of aromatic nitrogens is 1. The Morgan fingerprint density at radius 1 is 1.42 bits per heavy atom. The number of benzene rings is 1. The summed E-state index contributed by atoms with van der Waals surface area (Å²) in [5, 5.41) is 3.82. The van der Waals surface area contributed by atoms with Gasteiger partial charge in [0.1, 0.15) is 5.69 Å². The molecule has 5 heteroatoms. The molecule has 0 bridgehead atoms. The van der Waals surface area contributed by atoms with Gasteiger partial charge in [-0.3, -0.25) is 4.79 Å². The van der Waals surface area contributed by atoms with Crippen molar-refractivity contribution in [3.63, 3.8) is 0 Å². The molecule has 1 aromatic heterocycles. The fourth-order valence-electron chi connectivity index (χ4n) is 1.97. The van der Waals surface area contributed by atoms with Crippen LogP contribution in [0, 0.1) is 0 Å². The number of fused-ring (bicyclic) bond motifs is 1. The highest BCUT2D eigenvalue weighted by Crippen LogP contribution is 2.20. The van der Waals surface area contributed by atoms with Gasteiger partial charge in [0.15, 0.2) is 0 Å². The molecule has 2 rings (SSSR count). The molecule has 102 valence electrons. The molecule has 0 aliphatic rings. The third-order valence-corrected chi connectivity index (χ3v) is 2.99. The van der Waals surface area contributed by atoms with E-state index in [2.05, 4.69) is 10.3 Å². The standard InChI is InChI=1S/C14H19N3O2/c1-19-8-3-2-7-16-14(18)12-9-10-5-4-6-11(15)13(10)17-12/h4-6,9,17H,2-3,7-8,15H2,1H3,(H,16,18). The molecule has 0 fully saturated rings. The van der Waals surface area contributed by atoms with E-state index in [9.17, 15) is 4.79 Å². The first-order chi connectivity index (χ1) is 9.22. The second-order valence-electron chi connectivity index (χ2n) is 4.45. The zero-order valence-electron chi connectivity index (χ0n) is 11.0. The van der Waals surface area contributed by atoms with Gasteiger partial charge in [0.25, 0.3) is 5.91 Å². The van der Waals surface area contributed by atoms with Gasteiger partial charge in [0.05, 0.1) is 11.2 Å². The zero-order valence-corrected chi connectivity index (χ0v) is 11.0. The van der Waals surface area contributed by atoms with Crippen molar-refractivity contribution < 1.29 is 9.53 Å². The molecule has 0 unspecified atom stereocenters. The van der Waals surface area contributed by atoms with Gasteiger partial charge in [0, 0.05) is 25.6 Å². The average molecular weight is 261 g/mol. The number of nitrogens with one attached hydrogen (secondary N) is 2. The lowest BCUT2D eigenvalue weighted by Crippen LogP contribution is -2.24. The van der Waals surface area contributed by atoms with Crippen LogP contribution in [0.2, 0.25) is 0 Å². The molecule has 2 aromatic rings. The summed E-state index contributed by atoms with van der Waals surface area (Å²) in [6.07, 6.45) is 1.85. The van der Waals surface area contributed by atoms with Crippen molar-refractivity contribution >= 4 is 22.5 Å². The molecule has 0 saturated heterocycles. The Labute approximate surface area is 112 Å². The lowest BCUT2D eigenvalue weighted by molar-refractivity contribution is 0.0947. The number of nitrogen functional groups attached to an aromatic ring is 1. The molecule has 1 aromatic carbocycles. The number of nitrogens with two attached hydrogens (primary N) is 1. The Hall–Kier alpha value is -2.01. The monoisotopic (exact) mass is 261 g/mol. The molecule has 0 spiro atoms. The summed E-state index contributed by atoms with van der Waals surface area (Å²) in [4.78, 5) is 15.0. The minimum atomic E-state index is -0.104. The number of rotatable bonds is 6. The van der Waals surface area contributed by atoms with Crippen molar-refractivity contribution in [2.45, 2.75) is 12.8 Å². The van der Waals surface area contributed by atoms with Gasteiger partial charge in [-0.15, -0.1) is 0 Å². The number of methoxy groups -OCH3 is 1. The number of ether oxygens (including phenoxy) is 1. The Balaban J connectivity index is 1.96. The van der Waals surface area contributed by atoms with Crippen LogP contribution >= 0.6 is 0 Å². The summed E-state index contributed by atoms with van der Waals surface area (Å²) in [6, 6.07) is 7.43. The number of carbonyl (C=O) groups excluding carboxylic acids is 1. The van der Waals surface area contributed by atoms with Crippen LogP contribution in [-0.2, 0) is 4.74 Å². The summed E-state index contributed by atoms with van der Waals surface area (Å²) in [5.74, 6) is -0.104. The van der Waals surface area contributed by atoms with Gasteiger partial charge >= 0.3 is 0 Å². The number of carbonyl (C=O) groups is 1. The fourth-order valence-corrected chi connectivity index (χ4v) is 1.97. The minimum absolute atomic E-state index is 0.104. The molecule has 1 amide bonds. The maximum atomic E-state index is 11.9. The highest BCUT2D eigenvalue weighted by Gasteiger charge is 2.09. The molecular formula is C14H19N3O2. The lowest BCUT2D eigenvalue weighted by atomic mass is 10.2. The Kier molecular flexibility index (Phi) is 4.41. The zero-order chi connectivity index (χ0) is 13.7. The van der Waals surface area contributed by atoms with Crippen LogP contribution in [0.5, 0.6) is 0 Å². The molecule has 4 N–H and O–H groups in total. The molecule has 0 atom stereocenters. The topological polar surface area (TPSA) is 80.1 Å². The van der Waals surface area contributed by atoms with Crippen LogP contribution in [0.4, 0.5) is 5.69 Å². The van der Waals surface area contributed by atoms with Crippen molar-refractivity contribution in [2.24, 2.45) is 0 Å². The van der Waals surface area contributed by atoms with Crippen LogP contribution in [0.25, 0.3) is 10.9 Å². The van der Waals surface area contributed by atoms with Gasteiger partial charge in [-0.25, -0.2) is 0 Å². The van der Waals surface area contributed by atoms with Crippen molar-refractivity contribution in [2.75, 3.05) is 26.0 Å². The van der Waals surface area contributed by atoms with Gasteiger partial charge < -0.3 is 20.8 Å². The maximum Gasteiger partial charge on any atom is 0.267 e. The molecular weight excluding hydrogens is 242 g/mol. The molecule has 0 saturated carbocycles. The van der Waals surface area contributed by atoms with E-state index in [4.69, 9.17) is 10.5 Å². The summed E-state index contributed by atoms with van der Waals surface area (Å²) in [6.45, 7) is 1.37. The van der Waals surface area contributed by atoms with Gasteiger partial charge in [0.2, 0.25) is 0 Å². The third-order valence-electron chi connectivity index (χ3n) is 2.99. The molecule has 0 aliphatic heterocycles. The van der Waals surface area contributed by atoms with E-state index in [0.717, 1.165) is 30.4 Å². The van der Waals surface area contributed by atoms with E-state index < -0.39 is 0 Å². The molecule has 0 aliphatic carbocycles. The molecule has 1 heterocycles. The predicted molar refractivity (Wildman–Crippen MR) is 76.2 cm³/mol. The number of H-pyrrole nitrogens is 1. The van der Waals surface area contributed by atoms with Gasteiger partial charge in [-0.2, -0.15) is 0 Å². The smallest absolute Gasteiger partial charge is 0.267 e. The number of unbranched alkanes of at least 4 members (excludes halogenated alkanes) is 1. The van der Waals surface area contributed by atoms with Crippen LogP contribution in [0.3, 0.4) is 0 Å². The van der Waals surface area contributed by atoms with E-state index in [1.807, 2.05) is 24.3 Å². The average Bonchev–Trinajstić information content (AvgIpc) is 2.84. The number of hydrogen-bond acceptors (Lipinski definition) is 3. The van der Waals surface area contributed by atoms with E-state index >= 15 is 0 Å². The van der Waals surface area contributed by atoms with E-state index in [0.29, 0.717) is 17.9 Å². The second kappa shape index (κ2) is 6.24. The van der Waals surface area contributed by atoms with E-state index in [1.165, 1.54) is 0 Å². The van der Waals surface area contributed by atoms with Gasteiger partial charge in [-0.1, -0.05) is 12.1 Å². The number of amides is 1. The van der Waals surface area contributed by atoms with Gasteiger partial charge in [-0.05, 0) is 25.0 Å². The van der Waals surface area contributed by atoms with E-state index in [-0.39, 0.29) is 5.91 Å². The summed E-state index contributed by atoms with van der Waals surface area (Å²) < 4.78 is 4.95. The third kappa shape index (κ3) is 3.26. The fraction of sp³-hybridized carbons (Fsp3) is 0.357. The van der Waals surface area contributed by atoms with Crippen LogP contribution in [0.1, 0.15) is 23.3 Å². The van der Waals surface area contributed by atoms with Crippen LogP contribution in [0.15, 0.2) is 24.3 Å². The second-order valence-corrected chi connectivity index (χ2v) is 4.45. The lowest BCUT2D eigenvalue weighted by Gasteiger charge is -2.03. The van der Waals surface area contributed by atoms with Crippen LogP contribution in [-0.4, -0.2) is 31.2 Å². The number of para-hydroxylation sites is 1. The largest absolute Gasteiger partial charge is 0.397 e. The summed E-state index contributed by atoms with van der Waals surface area (Å²) in [7, 11) is 1.67. The SMILES string of the molecule is COCCCCNC(=O)c1cc2cccc(N)c2[nH]1. The Morgan fingerprint density at radius 2 is 2.26 bits per heavy atom. The summed E-state index contributed by atoms with van der Waals surface area (Å²) in [5.41, 5.74) is 7.85. The summed E-state index contributed by atoms with van der Waals surface area (Å²) >= 11 is 0. The predicted octanol–water partition coefficient (Wildman–Crippen LogP) is 1.91. The first kappa shape index (κ1) is 13.4. The number of aromatic amines is 1. The first-order valence-electron chi connectivity index (χ1n) is 6.36. The minimum Gasteiger partial charge on any atom is -0.397 e. The molecule has 5 nitrogen and oxygen atoms in total. The molecule has 19 heavy (non-hydrogen) atoms. The van der Waals surface area contributed by atoms with Crippen LogP contribution < -0.4 is 11.1 Å². The highest BCUT2D eigenvalue weighted by atomic mass is 16.5. The normalized spacial score (nSPS) is 10.8. The highest BCUT2D eigenvalue weighted by molar-refractivity contribution is 6.00. The number of anilines is 1.